The highest BCUT2D eigenvalue weighted by Gasteiger charge is 1.91. The molecule has 0 bridgehead atoms. The van der Waals surface area contributed by atoms with Gasteiger partial charge in [-0.1, -0.05) is 36.3 Å². The number of hydrogen-bond acceptors (Lipinski definition) is 0. The summed E-state index contributed by atoms with van der Waals surface area (Å²) in [7, 11) is 0. The maximum absolute atomic E-state index is 3.90. The highest BCUT2D eigenvalue weighted by molar-refractivity contribution is 5.19. The quantitative estimate of drug-likeness (QED) is 0.421. The van der Waals surface area contributed by atoms with Gasteiger partial charge in [0, 0.05) is 0 Å². The molecule has 0 aliphatic heterocycles. The lowest BCUT2D eigenvalue weighted by molar-refractivity contribution is 0.940. The minimum Gasteiger partial charge on any atom is -0.100 e. The van der Waals surface area contributed by atoms with Gasteiger partial charge in [0.15, 0.2) is 0 Å². The standard InChI is InChI=1S/C12H20/c1-5-7-12(8-6-2)10-9-11(3)4/h5,7-8H,3,6,9-10H2,1-2,4H3/b7-5-,12-8+. The Kier molecular flexibility index (Phi) is 6.45. The first-order valence-electron chi connectivity index (χ1n) is 4.66. The van der Waals surface area contributed by atoms with Crippen molar-refractivity contribution in [2.24, 2.45) is 0 Å². The molecule has 0 amide bonds. The molecule has 0 saturated heterocycles. The van der Waals surface area contributed by atoms with Gasteiger partial charge in [-0.2, -0.15) is 0 Å². The topological polar surface area (TPSA) is 0 Å². The minimum absolute atomic E-state index is 1.11. The second kappa shape index (κ2) is 6.90. The maximum atomic E-state index is 3.90. The van der Waals surface area contributed by atoms with Gasteiger partial charge in [-0.25, -0.2) is 0 Å². The van der Waals surface area contributed by atoms with Gasteiger partial charge in [-0.3, -0.25) is 0 Å². The highest BCUT2D eigenvalue weighted by Crippen LogP contribution is 2.11. The van der Waals surface area contributed by atoms with E-state index in [1.54, 1.807) is 0 Å². The fourth-order valence-corrected chi connectivity index (χ4v) is 1.09. The smallest absolute Gasteiger partial charge is 0.0245 e. The molecule has 0 unspecified atom stereocenters. The second-order valence-corrected chi connectivity index (χ2v) is 3.14. The first-order chi connectivity index (χ1) is 5.70. The average Bonchev–Trinajstić information content (AvgIpc) is 2.01. The van der Waals surface area contributed by atoms with Gasteiger partial charge in [0.1, 0.15) is 0 Å². The molecule has 0 nitrogen and oxygen atoms in total. The lowest BCUT2D eigenvalue weighted by Gasteiger charge is -2.01. The summed E-state index contributed by atoms with van der Waals surface area (Å²) >= 11 is 0. The fraction of sp³-hybridized carbons (Fsp3) is 0.500. The van der Waals surface area contributed by atoms with Crippen LogP contribution in [0, 0.1) is 0 Å². The van der Waals surface area contributed by atoms with Crippen LogP contribution in [-0.4, -0.2) is 0 Å². The van der Waals surface area contributed by atoms with Crippen molar-refractivity contribution in [1.82, 2.24) is 0 Å². The van der Waals surface area contributed by atoms with Crippen molar-refractivity contribution in [3.05, 3.63) is 36.0 Å². The molecule has 0 aliphatic carbocycles. The molecule has 0 heteroatoms. The average molecular weight is 164 g/mol. The zero-order valence-electron chi connectivity index (χ0n) is 8.56. The third-order valence-electron chi connectivity index (χ3n) is 1.69. The van der Waals surface area contributed by atoms with Crippen molar-refractivity contribution >= 4 is 0 Å². The molecule has 0 fully saturated rings. The van der Waals surface area contributed by atoms with E-state index in [1.807, 2.05) is 0 Å². The lowest BCUT2D eigenvalue weighted by atomic mass is 10.1. The summed E-state index contributed by atoms with van der Waals surface area (Å²) in [5, 5.41) is 0. The van der Waals surface area contributed by atoms with Gasteiger partial charge >= 0.3 is 0 Å². The van der Waals surface area contributed by atoms with Crippen molar-refractivity contribution in [2.75, 3.05) is 0 Å². The molecule has 0 aromatic carbocycles. The summed E-state index contributed by atoms with van der Waals surface area (Å²) in [6.45, 7) is 10.2. The zero-order valence-corrected chi connectivity index (χ0v) is 8.56. The summed E-state index contributed by atoms with van der Waals surface area (Å²) in [5.74, 6) is 0. The monoisotopic (exact) mass is 164 g/mol. The number of rotatable bonds is 5. The van der Waals surface area contributed by atoms with Crippen molar-refractivity contribution in [2.45, 2.75) is 40.0 Å². The molecule has 68 valence electrons. The van der Waals surface area contributed by atoms with Crippen LogP contribution in [0.1, 0.15) is 40.0 Å². The van der Waals surface area contributed by atoms with E-state index in [1.165, 1.54) is 11.1 Å². The Morgan fingerprint density at radius 2 is 2.00 bits per heavy atom. The summed E-state index contributed by atoms with van der Waals surface area (Å²) in [6.07, 6.45) is 9.93. The van der Waals surface area contributed by atoms with E-state index in [-0.39, 0.29) is 0 Å². The molecular formula is C12H20. The van der Waals surface area contributed by atoms with Crippen molar-refractivity contribution in [1.29, 1.82) is 0 Å². The molecular weight excluding hydrogens is 144 g/mol. The molecule has 0 aromatic rings. The van der Waals surface area contributed by atoms with E-state index in [0.717, 1.165) is 19.3 Å². The maximum Gasteiger partial charge on any atom is -0.0245 e. The third-order valence-corrected chi connectivity index (χ3v) is 1.69. The Balaban J connectivity index is 3.96. The van der Waals surface area contributed by atoms with Gasteiger partial charge in [0.2, 0.25) is 0 Å². The molecule has 0 N–H and O–H groups in total. The van der Waals surface area contributed by atoms with Crippen LogP contribution in [0.3, 0.4) is 0 Å². The largest absolute Gasteiger partial charge is 0.100 e. The molecule has 0 saturated carbocycles. The molecule has 0 radical (unpaired) electrons. The summed E-state index contributed by atoms with van der Waals surface area (Å²) in [4.78, 5) is 0. The van der Waals surface area contributed by atoms with Crippen LogP contribution in [0.25, 0.3) is 0 Å². The van der Waals surface area contributed by atoms with Crippen LogP contribution < -0.4 is 0 Å². The summed E-state index contributed by atoms with van der Waals surface area (Å²) in [6, 6.07) is 0. The summed E-state index contributed by atoms with van der Waals surface area (Å²) in [5.41, 5.74) is 2.70. The molecule has 0 spiro atoms. The van der Waals surface area contributed by atoms with E-state index in [2.05, 4.69) is 45.6 Å². The number of hydrogen-bond donors (Lipinski definition) is 0. The van der Waals surface area contributed by atoms with Crippen LogP contribution in [0.2, 0.25) is 0 Å². The van der Waals surface area contributed by atoms with Gasteiger partial charge in [-0.05, 0) is 33.1 Å². The third kappa shape index (κ3) is 5.96. The molecule has 0 aliphatic rings. The van der Waals surface area contributed by atoms with Crippen LogP contribution in [0.4, 0.5) is 0 Å². The van der Waals surface area contributed by atoms with Gasteiger partial charge in [-0.15, -0.1) is 6.58 Å². The zero-order chi connectivity index (χ0) is 9.40. The minimum atomic E-state index is 1.11. The lowest BCUT2D eigenvalue weighted by Crippen LogP contribution is -1.81. The van der Waals surface area contributed by atoms with E-state index >= 15 is 0 Å². The SMILES string of the molecule is C=C(C)CCC(/C=C\C)=C/CC. The molecule has 0 atom stereocenters. The highest BCUT2D eigenvalue weighted by atomic mass is 14.0. The van der Waals surface area contributed by atoms with Crippen LogP contribution in [0.5, 0.6) is 0 Å². The van der Waals surface area contributed by atoms with Crippen molar-refractivity contribution in [3.63, 3.8) is 0 Å². The fourth-order valence-electron chi connectivity index (χ4n) is 1.09. The molecule has 12 heavy (non-hydrogen) atoms. The Hall–Kier alpha value is -0.780. The van der Waals surface area contributed by atoms with Gasteiger partial charge < -0.3 is 0 Å². The van der Waals surface area contributed by atoms with Crippen molar-refractivity contribution < 1.29 is 0 Å². The van der Waals surface area contributed by atoms with Crippen LogP contribution >= 0.6 is 0 Å². The molecule has 0 heterocycles. The first kappa shape index (κ1) is 11.2. The Morgan fingerprint density at radius 1 is 1.33 bits per heavy atom. The van der Waals surface area contributed by atoms with Gasteiger partial charge in [0.05, 0.1) is 0 Å². The molecule has 0 rings (SSSR count). The Morgan fingerprint density at radius 3 is 2.42 bits per heavy atom. The Labute approximate surface area is 76.7 Å². The van der Waals surface area contributed by atoms with Crippen LogP contribution in [0.15, 0.2) is 36.0 Å². The summed E-state index contributed by atoms with van der Waals surface area (Å²) < 4.78 is 0. The van der Waals surface area contributed by atoms with E-state index in [4.69, 9.17) is 0 Å². The predicted octanol–water partition coefficient (Wildman–Crippen LogP) is 4.26. The van der Waals surface area contributed by atoms with E-state index < -0.39 is 0 Å². The van der Waals surface area contributed by atoms with E-state index in [0.29, 0.717) is 0 Å². The number of allylic oxidation sites excluding steroid dienone is 5. The first-order valence-corrected chi connectivity index (χ1v) is 4.66. The predicted molar refractivity (Wildman–Crippen MR) is 57.2 cm³/mol. The van der Waals surface area contributed by atoms with Crippen molar-refractivity contribution in [3.8, 4) is 0 Å². The van der Waals surface area contributed by atoms with Crippen LogP contribution in [-0.2, 0) is 0 Å². The normalized spacial score (nSPS) is 12.4. The van der Waals surface area contributed by atoms with Gasteiger partial charge in [0.25, 0.3) is 0 Å². The second-order valence-electron chi connectivity index (χ2n) is 3.14. The Bertz CT molecular complexity index is 182. The molecule has 0 aromatic heterocycles. The van der Waals surface area contributed by atoms with E-state index in [9.17, 15) is 0 Å².